The van der Waals surface area contributed by atoms with E-state index in [1.807, 2.05) is 24.3 Å². The number of hydrogen-bond donors (Lipinski definition) is 0. The van der Waals surface area contributed by atoms with E-state index in [-0.39, 0.29) is 0 Å². The molecule has 1 aliphatic heterocycles. The first-order valence-corrected chi connectivity index (χ1v) is 9.62. The molecule has 0 bridgehead atoms. The van der Waals surface area contributed by atoms with Crippen molar-refractivity contribution in [2.24, 2.45) is 0 Å². The van der Waals surface area contributed by atoms with Gasteiger partial charge in [-0.05, 0) is 43.5 Å². The monoisotopic (exact) mass is 356 g/mol. The SMILES string of the molecule is CN(C)c1nc(-c2ccc(Cl)cc2)nc2c1CCN2C1CCCCC1. The molecule has 132 valence electrons. The Hall–Kier alpha value is -1.81. The number of nitrogens with zero attached hydrogens (tertiary/aromatic N) is 4. The maximum atomic E-state index is 6.04. The topological polar surface area (TPSA) is 32.3 Å². The lowest BCUT2D eigenvalue weighted by Gasteiger charge is -2.32. The summed E-state index contributed by atoms with van der Waals surface area (Å²) >= 11 is 6.04. The molecule has 0 unspecified atom stereocenters. The predicted octanol–water partition coefficient (Wildman–Crippen LogP) is 4.56. The molecule has 0 saturated heterocycles. The van der Waals surface area contributed by atoms with Crippen LogP contribution in [0.2, 0.25) is 5.02 Å². The highest BCUT2D eigenvalue weighted by Gasteiger charge is 2.32. The van der Waals surface area contributed by atoms with Gasteiger partial charge in [-0.3, -0.25) is 0 Å². The van der Waals surface area contributed by atoms with Crippen LogP contribution in [-0.4, -0.2) is 36.6 Å². The van der Waals surface area contributed by atoms with Gasteiger partial charge in [-0.25, -0.2) is 9.97 Å². The largest absolute Gasteiger partial charge is 0.362 e. The van der Waals surface area contributed by atoms with E-state index in [1.165, 1.54) is 37.7 Å². The Morgan fingerprint density at radius 2 is 1.76 bits per heavy atom. The second-order valence-electron chi connectivity index (χ2n) is 7.31. The van der Waals surface area contributed by atoms with E-state index < -0.39 is 0 Å². The fraction of sp³-hybridized carbons (Fsp3) is 0.500. The van der Waals surface area contributed by atoms with Gasteiger partial charge in [-0.15, -0.1) is 0 Å². The van der Waals surface area contributed by atoms with Crippen LogP contribution in [-0.2, 0) is 6.42 Å². The number of hydrogen-bond acceptors (Lipinski definition) is 4. The summed E-state index contributed by atoms with van der Waals surface area (Å²) in [5.41, 5.74) is 2.32. The average Bonchev–Trinajstić information content (AvgIpc) is 3.06. The first kappa shape index (κ1) is 16.6. The van der Waals surface area contributed by atoms with Crippen LogP contribution >= 0.6 is 11.6 Å². The Bertz CT molecular complexity index is 751. The summed E-state index contributed by atoms with van der Waals surface area (Å²) in [4.78, 5) is 14.5. The van der Waals surface area contributed by atoms with E-state index in [0.717, 1.165) is 41.0 Å². The number of aromatic nitrogens is 2. The molecule has 1 aliphatic carbocycles. The van der Waals surface area contributed by atoms with Crippen molar-refractivity contribution in [3.63, 3.8) is 0 Å². The highest BCUT2D eigenvalue weighted by Crippen LogP contribution is 2.38. The van der Waals surface area contributed by atoms with E-state index in [9.17, 15) is 0 Å². The summed E-state index contributed by atoms with van der Waals surface area (Å²) in [5, 5.41) is 0.738. The minimum absolute atomic E-state index is 0.637. The van der Waals surface area contributed by atoms with Gasteiger partial charge in [0.25, 0.3) is 0 Å². The zero-order valence-electron chi connectivity index (χ0n) is 15.0. The van der Waals surface area contributed by atoms with Crippen molar-refractivity contribution in [2.75, 3.05) is 30.4 Å². The summed E-state index contributed by atoms with van der Waals surface area (Å²) in [6.07, 6.45) is 7.67. The van der Waals surface area contributed by atoms with Gasteiger partial charge >= 0.3 is 0 Å². The number of anilines is 2. The van der Waals surface area contributed by atoms with Gasteiger partial charge in [0.15, 0.2) is 5.82 Å². The van der Waals surface area contributed by atoms with Crippen LogP contribution < -0.4 is 9.80 Å². The third kappa shape index (κ3) is 3.20. The zero-order chi connectivity index (χ0) is 17.4. The molecule has 4 rings (SSSR count). The van der Waals surface area contributed by atoms with Gasteiger partial charge in [0.05, 0.1) is 0 Å². The zero-order valence-corrected chi connectivity index (χ0v) is 15.8. The molecule has 25 heavy (non-hydrogen) atoms. The predicted molar refractivity (Wildman–Crippen MR) is 105 cm³/mol. The smallest absolute Gasteiger partial charge is 0.163 e. The molecule has 1 fully saturated rings. The lowest BCUT2D eigenvalue weighted by Crippen LogP contribution is -2.35. The minimum atomic E-state index is 0.637. The number of halogens is 1. The highest BCUT2D eigenvalue weighted by atomic mass is 35.5. The lowest BCUT2D eigenvalue weighted by atomic mass is 9.94. The fourth-order valence-corrected chi connectivity index (χ4v) is 4.23. The summed E-state index contributed by atoms with van der Waals surface area (Å²) in [6, 6.07) is 8.45. The highest BCUT2D eigenvalue weighted by molar-refractivity contribution is 6.30. The number of benzene rings is 1. The Labute approximate surface area is 154 Å². The van der Waals surface area contributed by atoms with Crippen LogP contribution in [0.15, 0.2) is 24.3 Å². The molecule has 1 saturated carbocycles. The van der Waals surface area contributed by atoms with Gasteiger partial charge in [0, 0.05) is 42.8 Å². The Morgan fingerprint density at radius 1 is 1.04 bits per heavy atom. The molecular weight excluding hydrogens is 332 g/mol. The molecule has 0 spiro atoms. The third-order valence-corrected chi connectivity index (χ3v) is 5.63. The summed E-state index contributed by atoms with van der Waals surface area (Å²) in [6.45, 7) is 1.07. The van der Waals surface area contributed by atoms with Crippen LogP contribution in [0.1, 0.15) is 37.7 Å². The van der Waals surface area contributed by atoms with Gasteiger partial charge < -0.3 is 9.80 Å². The lowest BCUT2D eigenvalue weighted by molar-refractivity contribution is 0.418. The van der Waals surface area contributed by atoms with Gasteiger partial charge in [-0.2, -0.15) is 0 Å². The van der Waals surface area contributed by atoms with Gasteiger partial charge in [0.1, 0.15) is 11.6 Å². The summed E-state index contributed by atoms with van der Waals surface area (Å²) in [7, 11) is 4.13. The minimum Gasteiger partial charge on any atom is -0.362 e. The average molecular weight is 357 g/mol. The quantitative estimate of drug-likeness (QED) is 0.807. The molecule has 1 aromatic carbocycles. The first-order chi connectivity index (χ1) is 12.1. The van der Waals surface area contributed by atoms with E-state index in [2.05, 4.69) is 23.9 Å². The van der Waals surface area contributed by atoms with Crippen molar-refractivity contribution >= 4 is 23.2 Å². The van der Waals surface area contributed by atoms with Crippen LogP contribution in [0.25, 0.3) is 11.4 Å². The molecule has 5 heteroatoms. The van der Waals surface area contributed by atoms with Crippen molar-refractivity contribution in [3.05, 3.63) is 34.9 Å². The third-order valence-electron chi connectivity index (χ3n) is 5.38. The van der Waals surface area contributed by atoms with Crippen LogP contribution in [0.5, 0.6) is 0 Å². The molecule has 1 aromatic heterocycles. The molecule has 2 heterocycles. The number of fused-ring (bicyclic) bond motifs is 1. The van der Waals surface area contributed by atoms with Crippen LogP contribution in [0.3, 0.4) is 0 Å². The molecule has 0 N–H and O–H groups in total. The molecule has 0 radical (unpaired) electrons. The second-order valence-corrected chi connectivity index (χ2v) is 7.75. The van der Waals surface area contributed by atoms with Crippen LogP contribution in [0.4, 0.5) is 11.6 Å². The fourth-order valence-electron chi connectivity index (χ4n) is 4.11. The summed E-state index contributed by atoms with van der Waals surface area (Å²) in [5.74, 6) is 2.99. The van der Waals surface area contributed by atoms with Crippen molar-refractivity contribution in [3.8, 4) is 11.4 Å². The summed E-state index contributed by atoms with van der Waals surface area (Å²) < 4.78 is 0. The van der Waals surface area contributed by atoms with Crippen LogP contribution in [0, 0.1) is 0 Å². The van der Waals surface area contributed by atoms with Crippen molar-refractivity contribution in [2.45, 2.75) is 44.6 Å². The molecule has 2 aliphatic rings. The Balaban J connectivity index is 1.77. The standard InChI is InChI=1S/C20H25ClN4/c1-24(2)19-17-12-13-25(16-6-4-3-5-7-16)20(17)23-18(22-19)14-8-10-15(21)11-9-14/h8-11,16H,3-7,12-13H2,1-2H3. The maximum Gasteiger partial charge on any atom is 0.163 e. The first-order valence-electron chi connectivity index (χ1n) is 9.24. The van der Waals surface area contributed by atoms with E-state index in [0.29, 0.717) is 6.04 Å². The molecular formula is C20H25ClN4. The number of rotatable bonds is 3. The molecule has 2 aromatic rings. The van der Waals surface area contributed by atoms with Crippen molar-refractivity contribution in [1.29, 1.82) is 0 Å². The second kappa shape index (κ2) is 6.83. The van der Waals surface area contributed by atoms with E-state index >= 15 is 0 Å². The molecule has 0 amide bonds. The van der Waals surface area contributed by atoms with E-state index in [4.69, 9.17) is 21.6 Å². The van der Waals surface area contributed by atoms with Crippen molar-refractivity contribution in [1.82, 2.24) is 9.97 Å². The van der Waals surface area contributed by atoms with Gasteiger partial charge in [-0.1, -0.05) is 30.9 Å². The Kier molecular flexibility index (Phi) is 4.55. The van der Waals surface area contributed by atoms with Gasteiger partial charge in [0.2, 0.25) is 0 Å². The van der Waals surface area contributed by atoms with Crippen molar-refractivity contribution < 1.29 is 0 Å². The normalized spacial score (nSPS) is 17.6. The van der Waals surface area contributed by atoms with E-state index in [1.54, 1.807) is 0 Å². The molecule has 0 atom stereocenters. The Morgan fingerprint density at radius 3 is 2.44 bits per heavy atom. The molecule has 4 nitrogen and oxygen atoms in total. The maximum absolute atomic E-state index is 6.04.